The highest BCUT2D eigenvalue weighted by atomic mass is 19.4. The van der Waals surface area contributed by atoms with Crippen LogP contribution in [0.5, 0.6) is 5.75 Å². The van der Waals surface area contributed by atoms with Crippen molar-refractivity contribution < 1.29 is 22.7 Å². The molecule has 0 fully saturated rings. The first-order valence-electron chi connectivity index (χ1n) is 8.79. The van der Waals surface area contributed by atoms with E-state index in [4.69, 9.17) is 4.74 Å². The molecule has 3 aromatic rings. The van der Waals surface area contributed by atoms with E-state index in [9.17, 15) is 18.0 Å². The van der Waals surface area contributed by atoms with Crippen LogP contribution in [0.4, 0.5) is 18.9 Å². The van der Waals surface area contributed by atoms with Crippen molar-refractivity contribution in [2.24, 2.45) is 0 Å². The topological polar surface area (TPSA) is 81.9 Å². The predicted octanol–water partition coefficient (Wildman–Crippen LogP) is 3.48. The van der Waals surface area contributed by atoms with E-state index < -0.39 is 18.7 Å². The van der Waals surface area contributed by atoms with Crippen LogP contribution in [0.15, 0.2) is 48.5 Å². The third kappa shape index (κ3) is 5.77. The van der Waals surface area contributed by atoms with Crippen molar-refractivity contribution in [2.75, 3.05) is 11.9 Å². The highest BCUT2D eigenvalue weighted by Gasteiger charge is 2.28. The number of benzene rings is 2. The van der Waals surface area contributed by atoms with Crippen molar-refractivity contribution in [3.8, 4) is 17.1 Å². The molecule has 0 spiro atoms. The molecule has 0 saturated carbocycles. The Morgan fingerprint density at radius 2 is 1.86 bits per heavy atom. The lowest BCUT2D eigenvalue weighted by Crippen LogP contribution is -2.22. The Bertz CT molecular complexity index is 970. The fraction of sp³-hybridized carbons (Fsp3) is 0.263. The zero-order valence-corrected chi connectivity index (χ0v) is 15.5. The van der Waals surface area contributed by atoms with Crippen molar-refractivity contribution in [3.63, 3.8) is 0 Å². The molecule has 0 aliphatic heterocycles. The van der Waals surface area contributed by atoms with Gasteiger partial charge in [0.1, 0.15) is 12.3 Å². The minimum absolute atomic E-state index is 0.0820. The van der Waals surface area contributed by atoms with Crippen LogP contribution in [0.3, 0.4) is 0 Å². The molecule has 29 heavy (non-hydrogen) atoms. The maximum atomic E-state index is 12.4. The number of nitrogens with one attached hydrogen (secondary N) is 1. The summed E-state index contributed by atoms with van der Waals surface area (Å²) in [5, 5.41) is 14.4. The molecular weight excluding hydrogens is 387 g/mol. The van der Waals surface area contributed by atoms with E-state index in [1.165, 1.54) is 23.8 Å². The van der Waals surface area contributed by atoms with Crippen LogP contribution in [0.25, 0.3) is 11.4 Å². The predicted molar refractivity (Wildman–Crippen MR) is 99.3 cm³/mol. The normalized spacial score (nSPS) is 11.3. The largest absolute Gasteiger partial charge is 0.482 e. The number of nitrogens with zero attached hydrogens (tertiary/aromatic N) is 4. The summed E-state index contributed by atoms with van der Waals surface area (Å²) in [6, 6.07) is 13.5. The summed E-state index contributed by atoms with van der Waals surface area (Å²) in [6.07, 6.45) is -3.57. The van der Waals surface area contributed by atoms with Gasteiger partial charge in [-0.2, -0.15) is 18.0 Å². The lowest BCUT2D eigenvalue weighted by Gasteiger charge is -2.13. The second kappa shape index (κ2) is 8.72. The molecule has 1 aromatic heterocycles. The van der Waals surface area contributed by atoms with Crippen molar-refractivity contribution >= 4 is 11.6 Å². The Hall–Kier alpha value is -3.43. The van der Waals surface area contributed by atoms with E-state index in [2.05, 4.69) is 27.7 Å². The van der Waals surface area contributed by atoms with E-state index in [1.54, 1.807) is 6.07 Å². The number of aryl methyl sites for hydroxylation is 1. The molecule has 1 amide bonds. The van der Waals surface area contributed by atoms with Gasteiger partial charge in [-0.25, -0.2) is 0 Å². The summed E-state index contributed by atoms with van der Waals surface area (Å²) >= 11 is 0. The maximum Gasteiger partial charge on any atom is 0.422 e. The average Bonchev–Trinajstić information content (AvgIpc) is 3.15. The standard InChI is InChI=1S/C19H18F3N5O2/c1-2-13-7-9-14(10-8-13)18-24-26-27(25-18)11-17(28)23-15-5-3-4-6-16(15)29-12-19(20,21)22/h3-10H,2,11-12H2,1H3,(H,23,28). The van der Waals surface area contributed by atoms with Crippen LogP contribution in [-0.4, -0.2) is 38.9 Å². The second-order valence-electron chi connectivity index (χ2n) is 6.14. The highest BCUT2D eigenvalue weighted by molar-refractivity contribution is 5.92. The van der Waals surface area contributed by atoms with Crippen LogP contribution < -0.4 is 10.1 Å². The molecule has 0 aliphatic rings. The Labute approximate surface area is 164 Å². The van der Waals surface area contributed by atoms with Crippen molar-refractivity contribution in [1.29, 1.82) is 0 Å². The van der Waals surface area contributed by atoms with Crippen LogP contribution >= 0.6 is 0 Å². The number of aromatic nitrogens is 4. The number of carbonyl (C=O) groups is 1. The quantitative estimate of drug-likeness (QED) is 0.651. The number of tetrazole rings is 1. The van der Waals surface area contributed by atoms with Gasteiger partial charge >= 0.3 is 6.18 Å². The maximum absolute atomic E-state index is 12.4. The van der Waals surface area contributed by atoms with Crippen molar-refractivity contribution in [2.45, 2.75) is 26.1 Å². The van der Waals surface area contributed by atoms with Crippen molar-refractivity contribution in [3.05, 3.63) is 54.1 Å². The lowest BCUT2D eigenvalue weighted by atomic mass is 10.1. The first-order chi connectivity index (χ1) is 13.8. The SMILES string of the molecule is CCc1ccc(-c2nnn(CC(=O)Nc3ccccc3OCC(F)(F)F)n2)cc1. The molecule has 1 heterocycles. The third-order valence-corrected chi connectivity index (χ3v) is 3.91. The van der Waals surface area contributed by atoms with E-state index >= 15 is 0 Å². The zero-order chi connectivity index (χ0) is 20.9. The summed E-state index contributed by atoms with van der Waals surface area (Å²) < 4.78 is 41.8. The van der Waals surface area contributed by atoms with E-state index in [1.807, 2.05) is 24.3 Å². The molecule has 2 aromatic carbocycles. The number of carbonyl (C=O) groups excluding carboxylic acids is 1. The average molecular weight is 405 g/mol. The van der Waals surface area contributed by atoms with Gasteiger partial charge in [0.15, 0.2) is 6.61 Å². The number of rotatable bonds is 7. The summed E-state index contributed by atoms with van der Waals surface area (Å²) in [5.74, 6) is -0.242. The molecule has 0 bridgehead atoms. The molecule has 1 N–H and O–H groups in total. The molecule has 0 saturated heterocycles. The number of anilines is 1. The highest BCUT2D eigenvalue weighted by Crippen LogP contribution is 2.26. The minimum atomic E-state index is -4.48. The molecule has 0 aliphatic carbocycles. The summed E-state index contributed by atoms with van der Waals surface area (Å²) in [6.45, 7) is 0.340. The Morgan fingerprint density at radius 1 is 1.14 bits per heavy atom. The summed E-state index contributed by atoms with van der Waals surface area (Å²) in [5.41, 5.74) is 2.06. The van der Waals surface area contributed by atoms with Crippen LogP contribution in [-0.2, 0) is 17.8 Å². The van der Waals surface area contributed by atoms with Gasteiger partial charge in [-0.1, -0.05) is 43.3 Å². The number of hydrogen-bond donors (Lipinski definition) is 1. The van der Waals surface area contributed by atoms with Gasteiger partial charge < -0.3 is 10.1 Å². The van der Waals surface area contributed by atoms with Gasteiger partial charge in [0.25, 0.3) is 0 Å². The van der Waals surface area contributed by atoms with E-state index in [-0.39, 0.29) is 18.0 Å². The molecule has 10 heteroatoms. The van der Waals surface area contributed by atoms with Crippen molar-refractivity contribution in [1.82, 2.24) is 20.2 Å². The summed E-state index contributed by atoms with van der Waals surface area (Å²) in [4.78, 5) is 13.4. The number of alkyl halides is 3. The summed E-state index contributed by atoms with van der Waals surface area (Å²) in [7, 11) is 0. The van der Waals surface area contributed by atoms with Gasteiger partial charge in [0.05, 0.1) is 5.69 Å². The number of ether oxygens (including phenoxy) is 1. The molecule has 0 radical (unpaired) electrons. The van der Waals surface area contributed by atoms with E-state index in [0.717, 1.165) is 16.8 Å². The number of amides is 1. The minimum Gasteiger partial charge on any atom is -0.482 e. The van der Waals surface area contributed by atoms with Crippen LogP contribution in [0.2, 0.25) is 0 Å². The van der Waals surface area contributed by atoms with Crippen LogP contribution in [0, 0.1) is 0 Å². The van der Waals surface area contributed by atoms with E-state index in [0.29, 0.717) is 5.82 Å². The molecule has 152 valence electrons. The zero-order valence-electron chi connectivity index (χ0n) is 15.5. The molecular formula is C19H18F3N5O2. The first-order valence-corrected chi connectivity index (χ1v) is 8.79. The molecule has 0 atom stereocenters. The molecule has 7 nitrogen and oxygen atoms in total. The van der Waals surface area contributed by atoms with Gasteiger partial charge in [0, 0.05) is 5.56 Å². The monoisotopic (exact) mass is 405 g/mol. The van der Waals surface area contributed by atoms with Gasteiger partial charge in [-0.15, -0.1) is 10.2 Å². The Kier molecular flexibility index (Phi) is 6.10. The van der Waals surface area contributed by atoms with Crippen LogP contribution in [0.1, 0.15) is 12.5 Å². The number of halogens is 3. The van der Waals surface area contributed by atoms with Gasteiger partial charge in [0.2, 0.25) is 11.7 Å². The van der Waals surface area contributed by atoms with Gasteiger partial charge in [-0.05, 0) is 29.3 Å². The Morgan fingerprint density at radius 3 is 2.55 bits per heavy atom. The Balaban J connectivity index is 1.64. The third-order valence-electron chi connectivity index (χ3n) is 3.91. The fourth-order valence-electron chi connectivity index (χ4n) is 2.49. The lowest BCUT2D eigenvalue weighted by molar-refractivity contribution is -0.153. The molecule has 0 unspecified atom stereocenters. The number of hydrogen-bond acceptors (Lipinski definition) is 5. The fourth-order valence-corrected chi connectivity index (χ4v) is 2.49. The van der Waals surface area contributed by atoms with Gasteiger partial charge in [-0.3, -0.25) is 4.79 Å². The second-order valence-corrected chi connectivity index (χ2v) is 6.14. The first kappa shape index (κ1) is 20.3. The number of para-hydroxylation sites is 2. The smallest absolute Gasteiger partial charge is 0.422 e. The molecule has 3 rings (SSSR count).